The topological polar surface area (TPSA) is 411 Å². The summed E-state index contributed by atoms with van der Waals surface area (Å²) in [6.07, 6.45) is 1.97. The van der Waals surface area contributed by atoms with Gasteiger partial charge in [-0.1, -0.05) is 32.0 Å². The van der Waals surface area contributed by atoms with Crippen molar-refractivity contribution in [2.75, 3.05) is 36.9 Å². The number of amides is 4. The van der Waals surface area contributed by atoms with Gasteiger partial charge < -0.3 is 58.3 Å². The van der Waals surface area contributed by atoms with Crippen LogP contribution in [0.2, 0.25) is 0 Å². The minimum Gasteiger partial charge on any atom is -0.508 e. The van der Waals surface area contributed by atoms with Crippen LogP contribution in [0.15, 0.2) is 70.8 Å². The predicted octanol–water partition coefficient (Wildman–Crippen LogP) is -0.574. The first-order chi connectivity index (χ1) is 32.1. The Morgan fingerprint density at radius 3 is 2.21 bits per heavy atom. The van der Waals surface area contributed by atoms with Crippen molar-refractivity contribution in [3.05, 3.63) is 77.5 Å². The number of aliphatic carboxylic acids is 2. The zero-order valence-corrected chi connectivity index (χ0v) is 37.9. The van der Waals surface area contributed by atoms with Gasteiger partial charge in [-0.3, -0.25) is 48.9 Å². The third-order valence-electron chi connectivity index (χ3n) is 9.86. The van der Waals surface area contributed by atoms with E-state index in [1.807, 2.05) is 0 Å². The molecule has 4 atom stereocenters. The first-order valence-corrected chi connectivity index (χ1v) is 22.3. The van der Waals surface area contributed by atoms with Gasteiger partial charge in [-0.2, -0.15) is 13.5 Å². The lowest BCUT2D eigenvalue weighted by atomic mass is 9.99. The molecule has 2 aromatic carbocycles. The fraction of sp³-hybridized carbons (Fsp3) is 0.381. The Kier molecular flexibility index (Phi) is 21.2. The van der Waals surface area contributed by atoms with E-state index in [0.717, 1.165) is 17.2 Å². The number of phenolic OH excluding ortho intramolecular Hbond substituents is 1. The summed E-state index contributed by atoms with van der Waals surface area (Å²) in [5.41, 5.74) is 14.6. The Morgan fingerprint density at radius 1 is 0.912 bits per heavy atom. The molecule has 0 aliphatic rings. The van der Waals surface area contributed by atoms with Crippen LogP contribution >= 0.6 is 0 Å². The van der Waals surface area contributed by atoms with Gasteiger partial charge in [0.2, 0.25) is 23.6 Å². The number of hydrogen-bond donors (Lipinski definition) is 13. The third kappa shape index (κ3) is 17.9. The van der Waals surface area contributed by atoms with Crippen LogP contribution in [-0.4, -0.2) is 143 Å². The molecule has 0 spiro atoms. The second-order valence-corrected chi connectivity index (χ2v) is 16.8. The molecule has 368 valence electrons. The van der Waals surface area contributed by atoms with Gasteiger partial charge in [-0.05, 0) is 67.1 Å². The Bertz CT molecular complexity index is 2400. The van der Waals surface area contributed by atoms with E-state index in [-0.39, 0.29) is 66.7 Å². The average molecular weight is 969 g/mol. The molecule has 25 nitrogen and oxygen atoms in total. The Balaban J connectivity index is 2.00. The number of carbonyl (C=O) groups is 7. The number of benzene rings is 2. The van der Waals surface area contributed by atoms with Crippen LogP contribution in [0.4, 0.5) is 11.5 Å². The van der Waals surface area contributed by atoms with E-state index in [1.54, 1.807) is 13.8 Å². The molecule has 15 N–H and O–H groups in total. The molecule has 0 saturated carbocycles. The molecule has 68 heavy (non-hydrogen) atoms. The lowest BCUT2D eigenvalue weighted by molar-refractivity contribution is -0.149. The fourth-order valence-electron chi connectivity index (χ4n) is 6.44. The second-order valence-electron chi connectivity index (χ2n) is 15.4. The normalized spacial score (nSPS) is 13.0. The van der Waals surface area contributed by atoms with Gasteiger partial charge in [0, 0.05) is 49.1 Å². The van der Waals surface area contributed by atoms with Gasteiger partial charge in [0.25, 0.3) is 10.1 Å². The van der Waals surface area contributed by atoms with E-state index in [9.17, 15) is 61.9 Å². The molecule has 3 aromatic rings. The number of hydrogen-bond acceptors (Lipinski definition) is 16. The Hall–Kier alpha value is -7.71. The Morgan fingerprint density at radius 2 is 1.62 bits per heavy atom. The molecule has 0 bridgehead atoms. The predicted molar refractivity (Wildman–Crippen MR) is 246 cm³/mol. The summed E-state index contributed by atoms with van der Waals surface area (Å²) < 4.78 is 34.8. The molecule has 4 amide bonds. The minimum absolute atomic E-state index is 0.0980. The minimum atomic E-state index is -4.84. The molecular weight excluding hydrogens is 913 g/mol. The van der Waals surface area contributed by atoms with E-state index >= 15 is 0 Å². The van der Waals surface area contributed by atoms with Gasteiger partial charge >= 0.3 is 11.9 Å². The molecule has 3 rings (SSSR count). The molecule has 26 heteroatoms. The van der Waals surface area contributed by atoms with E-state index < -0.39 is 100 Å². The van der Waals surface area contributed by atoms with Crippen LogP contribution in [0.1, 0.15) is 61.0 Å². The maximum Gasteiger partial charge on any atom is 0.322 e. The highest BCUT2D eigenvalue weighted by molar-refractivity contribution is 7.86. The van der Waals surface area contributed by atoms with E-state index in [4.69, 9.17) is 16.9 Å². The van der Waals surface area contributed by atoms with Crippen molar-refractivity contribution in [3.8, 4) is 5.75 Å². The number of nitrogens with one attached hydrogen (secondary N) is 7. The average Bonchev–Trinajstić information content (AvgIpc) is 3.28. The van der Waals surface area contributed by atoms with Gasteiger partial charge in [-0.15, -0.1) is 0 Å². The molecule has 0 fully saturated rings. The fourth-order valence-corrected chi connectivity index (χ4v) is 7.13. The summed E-state index contributed by atoms with van der Waals surface area (Å²) in [6, 6.07) is 6.45. The number of carboxylic acid groups (broad SMARTS) is 2. The van der Waals surface area contributed by atoms with Crippen LogP contribution in [0, 0.1) is 11.3 Å². The van der Waals surface area contributed by atoms with Crippen LogP contribution in [0.5, 0.6) is 5.75 Å². The van der Waals surface area contributed by atoms with Crippen LogP contribution < -0.4 is 43.5 Å². The van der Waals surface area contributed by atoms with Crippen molar-refractivity contribution >= 4 is 75.7 Å². The molecule has 1 heterocycles. The molecule has 0 aliphatic heterocycles. The number of aldehydes is 1. The van der Waals surface area contributed by atoms with Crippen molar-refractivity contribution < 1.29 is 61.9 Å². The molecule has 0 aliphatic carbocycles. The number of aromatic hydroxyl groups is 1. The van der Waals surface area contributed by atoms with Crippen molar-refractivity contribution in [3.63, 3.8) is 0 Å². The summed E-state index contributed by atoms with van der Waals surface area (Å²) in [5.74, 6) is -7.57. The number of phenols is 1. The monoisotopic (exact) mass is 968 g/mol. The summed E-state index contributed by atoms with van der Waals surface area (Å²) in [7, 11) is -4.84. The number of rotatable bonds is 28. The maximum atomic E-state index is 14.9. The quantitative estimate of drug-likeness (QED) is 0.0108. The molecule has 0 unspecified atom stereocenters. The number of hydrazone groups is 1. The number of anilines is 2. The van der Waals surface area contributed by atoms with E-state index in [0.29, 0.717) is 18.3 Å². The number of nitrogens with two attached hydrogens (primary N) is 2. The number of carboxylic acids is 2. The second kappa shape index (κ2) is 26.4. The highest BCUT2D eigenvalue weighted by Crippen LogP contribution is 2.23. The largest absolute Gasteiger partial charge is 0.508 e. The van der Waals surface area contributed by atoms with Crippen molar-refractivity contribution in [1.29, 1.82) is 5.41 Å². The van der Waals surface area contributed by atoms with Gasteiger partial charge in [0.1, 0.15) is 41.1 Å². The molecule has 0 radical (unpaired) electrons. The van der Waals surface area contributed by atoms with Crippen molar-refractivity contribution in [2.24, 2.45) is 22.5 Å². The van der Waals surface area contributed by atoms with Gasteiger partial charge in [-0.25, -0.2) is 4.98 Å². The number of carbonyl (C=O) groups excluding carboxylic acids is 5. The number of nitrogens with zero attached hydrogens (tertiary/aromatic N) is 3. The van der Waals surface area contributed by atoms with E-state index in [2.05, 4.69) is 42.1 Å². The Labute approximate surface area is 390 Å². The zero-order chi connectivity index (χ0) is 50.6. The highest BCUT2D eigenvalue weighted by Gasteiger charge is 2.37. The SMILES string of the molecule is CC(C)[C@@H](NC(=O)[C@@H](N)CCCNC(=N)N)C(=O)N[C@H](Cc1ccc(O)cc1)C(=O)N(CCCNc1cccc(S(=O)(=O)O)c1C=NNc1ccc(C=O)cn1)[C@H](CC(=O)O)C(=O)NCC(=O)O. The van der Waals surface area contributed by atoms with Crippen molar-refractivity contribution in [2.45, 2.75) is 75.0 Å². The van der Waals surface area contributed by atoms with Crippen LogP contribution in [-0.2, 0) is 45.3 Å². The number of guanidine groups is 1. The van der Waals surface area contributed by atoms with Gasteiger partial charge in [0.15, 0.2) is 12.2 Å². The summed E-state index contributed by atoms with van der Waals surface area (Å²) in [4.78, 5) is 94.7. The van der Waals surface area contributed by atoms with Crippen LogP contribution in [0.3, 0.4) is 0 Å². The lowest BCUT2D eigenvalue weighted by Gasteiger charge is -2.34. The van der Waals surface area contributed by atoms with Crippen LogP contribution in [0.25, 0.3) is 0 Å². The zero-order valence-electron chi connectivity index (χ0n) is 37.0. The number of aromatic nitrogens is 1. The first-order valence-electron chi connectivity index (χ1n) is 20.9. The summed E-state index contributed by atoms with van der Waals surface area (Å²) in [6.45, 7) is 1.98. The van der Waals surface area contributed by atoms with Crippen molar-refractivity contribution in [1.82, 2.24) is 31.2 Å². The maximum absolute atomic E-state index is 14.9. The first kappa shape index (κ1) is 54.6. The number of pyridine rings is 1. The summed E-state index contributed by atoms with van der Waals surface area (Å²) in [5, 5.41) is 53.3. The standard InChI is InChI=1S/C42H56N12O13S/c1-24(2)37(52-38(61)29(43)6-4-15-47-42(44)45)40(63)51-31(18-25-9-12-27(56)13-10-25)41(64)54(32(19-35(57)58)39(62)49-22-36(59)60)17-5-16-46-30-7-3-8-33(68(65,66)67)28(30)21-50-53-34-14-11-26(23-55)20-48-34/h3,7-14,20-21,23-24,29,31-32,37,46,56H,4-6,15-19,22,43H2,1-2H3,(H,48,53)(H,49,62)(H,51,63)(H,52,61)(H,57,58)(H,59,60)(H4,44,45,47)(H,65,66,67)/t29-,31+,32+,37+/m0/s1. The van der Waals surface area contributed by atoms with E-state index in [1.165, 1.54) is 54.7 Å². The molecular formula is C42H56N12O13S. The lowest BCUT2D eigenvalue weighted by Crippen LogP contribution is -2.60. The third-order valence-corrected chi connectivity index (χ3v) is 10.8. The highest BCUT2D eigenvalue weighted by atomic mass is 32.2. The smallest absolute Gasteiger partial charge is 0.322 e. The molecule has 1 aromatic heterocycles. The molecule has 0 saturated heterocycles. The van der Waals surface area contributed by atoms with Gasteiger partial charge in [0.05, 0.1) is 18.7 Å². The summed E-state index contributed by atoms with van der Waals surface area (Å²) >= 11 is 0.